The molecule has 3 N–H and O–H groups in total. The Morgan fingerprint density at radius 3 is 2.79 bits per heavy atom. The van der Waals surface area contributed by atoms with Gasteiger partial charge in [0.25, 0.3) is 5.91 Å². The van der Waals surface area contributed by atoms with Gasteiger partial charge in [-0.1, -0.05) is 17.3 Å². The third-order valence-corrected chi connectivity index (χ3v) is 3.61. The molecule has 2 amide bonds. The van der Waals surface area contributed by atoms with Gasteiger partial charge in [-0.25, -0.2) is 4.79 Å². The molecule has 0 spiro atoms. The third kappa shape index (κ3) is 4.58. The molecular weight excluding hydrogens is 368 g/mol. The van der Waals surface area contributed by atoms with E-state index in [-0.39, 0.29) is 30.5 Å². The molecular formula is C17H16N6O5. The number of nitrogens with zero attached hydrogens (tertiary/aromatic N) is 4. The summed E-state index contributed by atoms with van der Waals surface area (Å²) in [6.45, 7) is 1.77. The van der Waals surface area contributed by atoms with Crippen LogP contribution in [0.1, 0.15) is 22.7 Å². The molecule has 11 nitrogen and oxygen atoms in total. The molecule has 0 unspecified atom stereocenters. The van der Waals surface area contributed by atoms with Gasteiger partial charge in [-0.05, 0) is 12.1 Å². The van der Waals surface area contributed by atoms with Gasteiger partial charge >= 0.3 is 6.09 Å². The van der Waals surface area contributed by atoms with Crippen LogP contribution in [0.5, 0.6) is 0 Å². The molecule has 0 aliphatic heterocycles. The van der Waals surface area contributed by atoms with Crippen LogP contribution in [0.3, 0.4) is 0 Å². The molecule has 144 valence electrons. The van der Waals surface area contributed by atoms with Gasteiger partial charge in [-0.15, -0.1) is 0 Å². The van der Waals surface area contributed by atoms with E-state index in [1.165, 1.54) is 12.4 Å². The number of rotatable bonds is 6. The number of amides is 2. The zero-order valence-corrected chi connectivity index (χ0v) is 14.7. The normalized spacial score (nSPS) is 10.5. The fourth-order valence-corrected chi connectivity index (χ4v) is 2.32. The topological polar surface area (TPSA) is 152 Å². The van der Waals surface area contributed by atoms with Crippen molar-refractivity contribution in [1.29, 1.82) is 0 Å². The number of carboxylic acid groups (broad SMARTS) is 1. The standard InChI is InChI=1S/C17H16N6O5/c1-10-20-15(22-28-10)11-3-2-4-12(7-11)16(25)18-6-5-14(24)21-13-8-19-23(9-13)17(26)27/h2-4,7-9H,5-6H2,1H3,(H,18,25)(H,21,24)(H,26,27). The summed E-state index contributed by atoms with van der Waals surface area (Å²) >= 11 is 0. The summed E-state index contributed by atoms with van der Waals surface area (Å²) < 4.78 is 5.61. The lowest BCUT2D eigenvalue weighted by Crippen LogP contribution is -2.27. The smallest absolute Gasteiger partial charge is 0.432 e. The molecule has 2 aromatic heterocycles. The Hall–Kier alpha value is -4.02. The summed E-state index contributed by atoms with van der Waals surface area (Å²) in [6.07, 6.45) is 1.14. The lowest BCUT2D eigenvalue weighted by Gasteiger charge is -2.06. The Bertz CT molecular complexity index is 1020. The van der Waals surface area contributed by atoms with E-state index in [1.54, 1.807) is 31.2 Å². The van der Waals surface area contributed by atoms with Gasteiger partial charge in [0, 0.05) is 31.0 Å². The highest BCUT2D eigenvalue weighted by Gasteiger charge is 2.12. The summed E-state index contributed by atoms with van der Waals surface area (Å²) in [5, 5.41) is 21.3. The van der Waals surface area contributed by atoms with E-state index < -0.39 is 6.09 Å². The minimum atomic E-state index is -1.26. The van der Waals surface area contributed by atoms with Crippen LogP contribution in [0.2, 0.25) is 0 Å². The number of carbonyl (C=O) groups excluding carboxylic acids is 2. The predicted molar refractivity (Wildman–Crippen MR) is 95.7 cm³/mol. The van der Waals surface area contributed by atoms with Gasteiger partial charge in [-0.3, -0.25) is 9.59 Å². The Balaban J connectivity index is 1.51. The number of aromatic nitrogens is 4. The van der Waals surface area contributed by atoms with Crippen molar-refractivity contribution in [3.8, 4) is 11.4 Å². The Labute approximate surface area is 158 Å². The first-order valence-corrected chi connectivity index (χ1v) is 8.19. The maximum Gasteiger partial charge on any atom is 0.432 e. The highest BCUT2D eigenvalue weighted by molar-refractivity contribution is 5.96. The molecule has 11 heteroatoms. The number of anilines is 1. The van der Waals surface area contributed by atoms with E-state index in [1.807, 2.05) is 0 Å². The number of carbonyl (C=O) groups is 3. The fraction of sp³-hybridized carbons (Fsp3) is 0.176. The highest BCUT2D eigenvalue weighted by atomic mass is 16.5. The molecule has 0 fully saturated rings. The first kappa shape index (κ1) is 18.8. The Kier molecular flexibility index (Phi) is 5.44. The van der Waals surface area contributed by atoms with Gasteiger partial charge in [0.1, 0.15) is 0 Å². The van der Waals surface area contributed by atoms with Crippen LogP contribution in [0, 0.1) is 6.92 Å². The molecule has 0 aliphatic rings. The second-order valence-electron chi connectivity index (χ2n) is 5.73. The van der Waals surface area contributed by atoms with Gasteiger partial charge < -0.3 is 20.3 Å². The molecule has 3 rings (SSSR count). The Morgan fingerprint density at radius 2 is 2.11 bits per heavy atom. The zero-order chi connectivity index (χ0) is 20.1. The van der Waals surface area contributed by atoms with Crippen molar-refractivity contribution in [2.24, 2.45) is 0 Å². The van der Waals surface area contributed by atoms with Crippen LogP contribution in [0.4, 0.5) is 10.5 Å². The number of nitrogens with one attached hydrogen (secondary N) is 2. The average Bonchev–Trinajstić information content (AvgIpc) is 3.31. The summed E-state index contributed by atoms with van der Waals surface area (Å²) in [5.74, 6) is 0.0630. The van der Waals surface area contributed by atoms with Gasteiger partial charge in [-0.2, -0.15) is 14.8 Å². The lowest BCUT2D eigenvalue weighted by molar-refractivity contribution is -0.116. The molecule has 0 atom stereocenters. The van der Waals surface area contributed by atoms with E-state index in [0.717, 1.165) is 0 Å². The molecule has 0 aliphatic carbocycles. The fourth-order valence-electron chi connectivity index (χ4n) is 2.32. The summed E-state index contributed by atoms with van der Waals surface area (Å²) in [5.41, 5.74) is 1.28. The third-order valence-electron chi connectivity index (χ3n) is 3.61. The van der Waals surface area contributed by atoms with E-state index in [0.29, 0.717) is 27.5 Å². The second kappa shape index (κ2) is 8.12. The first-order chi connectivity index (χ1) is 13.4. The monoisotopic (exact) mass is 384 g/mol. The minimum absolute atomic E-state index is 0.00766. The van der Waals surface area contributed by atoms with E-state index >= 15 is 0 Å². The van der Waals surface area contributed by atoms with E-state index in [2.05, 4.69) is 25.9 Å². The largest absolute Gasteiger partial charge is 0.463 e. The van der Waals surface area contributed by atoms with Crippen LogP contribution < -0.4 is 10.6 Å². The first-order valence-electron chi connectivity index (χ1n) is 8.19. The average molecular weight is 384 g/mol. The van der Waals surface area contributed by atoms with Crippen LogP contribution in [-0.2, 0) is 4.79 Å². The van der Waals surface area contributed by atoms with Crippen LogP contribution in [0.25, 0.3) is 11.4 Å². The highest BCUT2D eigenvalue weighted by Crippen LogP contribution is 2.17. The van der Waals surface area contributed by atoms with E-state index in [4.69, 9.17) is 9.63 Å². The number of benzene rings is 1. The van der Waals surface area contributed by atoms with Crippen molar-refractivity contribution >= 4 is 23.6 Å². The van der Waals surface area contributed by atoms with Crippen molar-refractivity contribution in [1.82, 2.24) is 25.2 Å². The predicted octanol–water partition coefficient (Wildman–Crippen LogP) is 1.53. The van der Waals surface area contributed by atoms with Crippen molar-refractivity contribution < 1.29 is 24.0 Å². The maximum atomic E-state index is 12.3. The molecule has 0 radical (unpaired) electrons. The van der Waals surface area contributed by atoms with E-state index in [9.17, 15) is 14.4 Å². The summed E-state index contributed by atoms with van der Waals surface area (Å²) in [7, 11) is 0. The molecule has 0 saturated heterocycles. The van der Waals surface area contributed by atoms with Crippen LogP contribution in [-0.4, -0.2) is 49.5 Å². The van der Waals surface area contributed by atoms with Crippen LogP contribution in [0.15, 0.2) is 41.2 Å². The minimum Gasteiger partial charge on any atom is -0.463 e. The number of hydrogen-bond donors (Lipinski definition) is 3. The quantitative estimate of drug-likeness (QED) is 0.578. The Morgan fingerprint density at radius 1 is 1.29 bits per heavy atom. The summed E-state index contributed by atoms with van der Waals surface area (Å²) in [6, 6.07) is 6.71. The molecule has 0 bridgehead atoms. The van der Waals surface area contributed by atoms with Crippen molar-refractivity contribution in [2.75, 3.05) is 11.9 Å². The number of aryl methyl sites for hydroxylation is 1. The molecule has 2 heterocycles. The lowest BCUT2D eigenvalue weighted by atomic mass is 10.1. The zero-order valence-electron chi connectivity index (χ0n) is 14.7. The van der Waals surface area contributed by atoms with Crippen molar-refractivity contribution in [3.05, 3.63) is 48.1 Å². The van der Waals surface area contributed by atoms with Crippen molar-refractivity contribution in [3.63, 3.8) is 0 Å². The van der Waals surface area contributed by atoms with Crippen LogP contribution >= 0.6 is 0 Å². The maximum absolute atomic E-state index is 12.3. The molecule has 1 aromatic carbocycles. The molecule has 0 saturated carbocycles. The second-order valence-corrected chi connectivity index (χ2v) is 5.73. The summed E-state index contributed by atoms with van der Waals surface area (Å²) in [4.78, 5) is 39.0. The number of hydrogen-bond acceptors (Lipinski definition) is 7. The van der Waals surface area contributed by atoms with Gasteiger partial charge in [0.2, 0.25) is 17.6 Å². The molecule has 28 heavy (non-hydrogen) atoms. The van der Waals surface area contributed by atoms with Gasteiger partial charge in [0.05, 0.1) is 18.1 Å². The SMILES string of the molecule is Cc1nc(-c2cccc(C(=O)NCCC(=O)Nc3cnn(C(=O)O)c3)c2)no1. The molecule has 3 aromatic rings. The van der Waals surface area contributed by atoms with Crippen molar-refractivity contribution in [2.45, 2.75) is 13.3 Å². The van der Waals surface area contributed by atoms with Gasteiger partial charge in [0.15, 0.2) is 0 Å².